The van der Waals surface area contributed by atoms with Gasteiger partial charge in [0.25, 0.3) is 0 Å². The molecule has 1 aliphatic heterocycles. The van der Waals surface area contributed by atoms with Crippen molar-refractivity contribution in [1.82, 2.24) is 5.32 Å². The Balaban J connectivity index is 2.30. The Morgan fingerprint density at radius 1 is 1.29 bits per heavy atom. The summed E-state index contributed by atoms with van der Waals surface area (Å²) in [5, 5.41) is 3.74. The number of nitrogens with zero attached hydrogens (tertiary/aromatic N) is 1. The van der Waals surface area contributed by atoms with Gasteiger partial charge >= 0.3 is 0 Å². The van der Waals surface area contributed by atoms with Crippen LogP contribution in [0.4, 0.5) is 5.69 Å². The maximum absolute atomic E-state index is 12.5. The number of nitrogens with one attached hydrogen (secondary N) is 1. The Morgan fingerprint density at radius 3 is 2.52 bits per heavy atom. The molecule has 1 N–H and O–H groups in total. The number of carbonyl (C=O) groups is 1. The van der Waals surface area contributed by atoms with Gasteiger partial charge in [0.2, 0.25) is 5.91 Å². The number of anilines is 1. The van der Waals surface area contributed by atoms with Crippen molar-refractivity contribution >= 4 is 23.2 Å². The van der Waals surface area contributed by atoms with E-state index in [0.29, 0.717) is 28.8 Å². The van der Waals surface area contributed by atoms with Crippen molar-refractivity contribution in [3.8, 4) is 11.5 Å². The Bertz CT molecular complexity index is 534. The van der Waals surface area contributed by atoms with Crippen LogP contribution >= 0.6 is 11.6 Å². The summed E-state index contributed by atoms with van der Waals surface area (Å²) in [6, 6.07) is 3.53. The highest BCUT2D eigenvalue weighted by Crippen LogP contribution is 2.39. The summed E-state index contributed by atoms with van der Waals surface area (Å²) < 4.78 is 10.5. The van der Waals surface area contributed by atoms with Crippen molar-refractivity contribution in [3.05, 3.63) is 17.2 Å². The Kier molecular flexibility index (Phi) is 4.96. The molecule has 1 atom stereocenters. The second kappa shape index (κ2) is 6.54. The van der Waals surface area contributed by atoms with Gasteiger partial charge in [-0.05, 0) is 12.5 Å². The number of methoxy groups -OCH3 is 2. The lowest BCUT2D eigenvalue weighted by Crippen LogP contribution is -2.41. The van der Waals surface area contributed by atoms with Crippen molar-refractivity contribution in [2.45, 2.75) is 32.4 Å². The number of halogens is 1. The maximum atomic E-state index is 12.5. The van der Waals surface area contributed by atoms with Crippen LogP contribution in [-0.4, -0.2) is 38.8 Å². The third-order valence-corrected chi connectivity index (χ3v) is 3.78. The van der Waals surface area contributed by atoms with Gasteiger partial charge in [-0.1, -0.05) is 25.4 Å². The van der Waals surface area contributed by atoms with Crippen molar-refractivity contribution < 1.29 is 14.3 Å². The largest absolute Gasteiger partial charge is 0.495 e. The van der Waals surface area contributed by atoms with E-state index in [-0.39, 0.29) is 18.0 Å². The zero-order chi connectivity index (χ0) is 15.6. The minimum Gasteiger partial charge on any atom is -0.495 e. The lowest BCUT2D eigenvalue weighted by atomic mass is 10.2. The average molecular weight is 313 g/mol. The predicted molar refractivity (Wildman–Crippen MR) is 83.6 cm³/mol. The molecular formula is C15H21ClN2O3. The molecule has 5 nitrogen and oxygen atoms in total. The summed E-state index contributed by atoms with van der Waals surface area (Å²) >= 11 is 6.17. The number of ether oxygens (including phenoxy) is 2. The van der Waals surface area contributed by atoms with Gasteiger partial charge < -0.3 is 19.7 Å². The number of carbonyl (C=O) groups excluding carboxylic acids is 1. The third-order valence-electron chi connectivity index (χ3n) is 3.48. The van der Waals surface area contributed by atoms with E-state index in [0.717, 1.165) is 6.42 Å². The quantitative estimate of drug-likeness (QED) is 0.907. The van der Waals surface area contributed by atoms with Gasteiger partial charge in [-0.2, -0.15) is 0 Å². The van der Waals surface area contributed by atoms with Crippen LogP contribution in [0.1, 0.15) is 20.3 Å². The molecule has 1 aliphatic rings. The summed E-state index contributed by atoms with van der Waals surface area (Å²) in [5.41, 5.74) is 0.682. The van der Waals surface area contributed by atoms with Crippen LogP contribution in [0.5, 0.6) is 11.5 Å². The molecule has 0 aliphatic carbocycles. The molecule has 21 heavy (non-hydrogen) atoms. The lowest BCUT2D eigenvalue weighted by Gasteiger charge is -2.21. The standard InChI is InChI=1S/C15H21ClN2O3/c1-9(2)17-11-5-6-18(15(11)19)12-7-10(16)13(20-3)8-14(12)21-4/h7-9,11,17H,5-6H2,1-4H3. The predicted octanol–water partition coefficient (Wildman–Crippen LogP) is 2.46. The van der Waals surface area contributed by atoms with E-state index in [1.165, 1.54) is 0 Å². The molecule has 1 unspecified atom stereocenters. The first-order valence-electron chi connectivity index (χ1n) is 6.96. The molecule has 0 radical (unpaired) electrons. The van der Waals surface area contributed by atoms with Crippen molar-refractivity contribution in [1.29, 1.82) is 0 Å². The van der Waals surface area contributed by atoms with E-state index in [9.17, 15) is 4.79 Å². The molecule has 1 heterocycles. The highest BCUT2D eigenvalue weighted by molar-refractivity contribution is 6.32. The van der Waals surface area contributed by atoms with Gasteiger partial charge in [-0.25, -0.2) is 0 Å². The molecule has 6 heteroatoms. The molecule has 0 saturated carbocycles. The highest BCUT2D eigenvalue weighted by atomic mass is 35.5. The molecule has 1 fully saturated rings. The van der Waals surface area contributed by atoms with Crippen LogP contribution in [-0.2, 0) is 4.79 Å². The molecule has 0 bridgehead atoms. The van der Waals surface area contributed by atoms with E-state index in [1.807, 2.05) is 13.8 Å². The molecule has 116 valence electrons. The number of hydrogen-bond acceptors (Lipinski definition) is 4. The normalized spacial score (nSPS) is 18.5. The number of amides is 1. The smallest absolute Gasteiger partial charge is 0.244 e. The van der Waals surface area contributed by atoms with Gasteiger partial charge in [0.15, 0.2) is 0 Å². The average Bonchev–Trinajstić information content (AvgIpc) is 2.79. The number of benzene rings is 1. The number of hydrogen-bond donors (Lipinski definition) is 1. The zero-order valence-electron chi connectivity index (χ0n) is 12.8. The Labute approximate surface area is 130 Å². The second-order valence-electron chi connectivity index (χ2n) is 5.31. The molecular weight excluding hydrogens is 292 g/mol. The Morgan fingerprint density at radius 2 is 1.95 bits per heavy atom. The highest BCUT2D eigenvalue weighted by Gasteiger charge is 2.34. The van der Waals surface area contributed by atoms with Gasteiger partial charge in [-0.15, -0.1) is 0 Å². The molecule has 2 rings (SSSR count). The monoisotopic (exact) mass is 312 g/mol. The minimum absolute atomic E-state index is 0.0447. The van der Waals surface area contributed by atoms with E-state index >= 15 is 0 Å². The van der Waals surface area contributed by atoms with Gasteiger partial charge in [0.1, 0.15) is 11.5 Å². The summed E-state index contributed by atoms with van der Waals surface area (Å²) in [7, 11) is 3.11. The molecule has 0 spiro atoms. The van der Waals surface area contributed by atoms with Crippen LogP contribution in [0.25, 0.3) is 0 Å². The maximum Gasteiger partial charge on any atom is 0.244 e. The topological polar surface area (TPSA) is 50.8 Å². The second-order valence-corrected chi connectivity index (χ2v) is 5.72. The van der Waals surface area contributed by atoms with Crippen molar-refractivity contribution in [2.75, 3.05) is 25.7 Å². The van der Waals surface area contributed by atoms with Crippen LogP contribution in [0.15, 0.2) is 12.1 Å². The molecule has 1 aromatic carbocycles. The minimum atomic E-state index is -0.157. The van der Waals surface area contributed by atoms with Gasteiger partial charge in [0, 0.05) is 18.7 Å². The summed E-state index contributed by atoms with van der Waals surface area (Å²) in [4.78, 5) is 14.2. The van der Waals surface area contributed by atoms with E-state index < -0.39 is 0 Å². The van der Waals surface area contributed by atoms with Crippen LogP contribution in [0.2, 0.25) is 5.02 Å². The SMILES string of the molecule is COc1cc(OC)c(N2CCC(NC(C)C)C2=O)cc1Cl. The molecule has 0 aromatic heterocycles. The molecule has 1 aromatic rings. The summed E-state index contributed by atoms with van der Waals surface area (Å²) in [6.07, 6.45) is 0.768. The number of rotatable bonds is 5. The van der Waals surface area contributed by atoms with E-state index in [1.54, 1.807) is 31.3 Å². The summed E-state index contributed by atoms with van der Waals surface area (Å²) in [6.45, 7) is 4.70. The van der Waals surface area contributed by atoms with Crippen LogP contribution < -0.4 is 19.7 Å². The van der Waals surface area contributed by atoms with Crippen molar-refractivity contribution in [2.24, 2.45) is 0 Å². The fourth-order valence-corrected chi connectivity index (χ4v) is 2.77. The zero-order valence-corrected chi connectivity index (χ0v) is 13.5. The third kappa shape index (κ3) is 3.24. The fraction of sp³-hybridized carbons (Fsp3) is 0.533. The summed E-state index contributed by atoms with van der Waals surface area (Å²) in [5.74, 6) is 1.15. The van der Waals surface area contributed by atoms with E-state index in [4.69, 9.17) is 21.1 Å². The van der Waals surface area contributed by atoms with E-state index in [2.05, 4.69) is 5.32 Å². The van der Waals surface area contributed by atoms with Gasteiger partial charge in [-0.3, -0.25) is 4.79 Å². The Hall–Kier alpha value is -1.46. The van der Waals surface area contributed by atoms with Crippen LogP contribution in [0, 0.1) is 0 Å². The van der Waals surface area contributed by atoms with Gasteiger partial charge in [0.05, 0.1) is 31.0 Å². The first-order valence-corrected chi connectivity index (χ1v) is 7.34. The first kappa shape index (κ1) is 15.9. The fourth-order valence-electron chi connectivity index (χ4n) is 2.53. The molecule has 1 amide bonds. The van der Waals surface area contributed by atoms with Crippen molar-refractivity contribution in [3.63, 3.8) is 0 Å². The van der Waals surface area contributed by atoms with Crippen LogP contribution in [0.3, 0.4) is 0 Å². The first-order chi connectivity index (χ1) is 9.97. The molecule has 1 saturated heterocycles. The lowest BCUT2D eigenvalue weighted by molar-refractivity contribution is -0.119.